The zero-order chi connectivity index (χ0) is 18.0. The molecule has 25 heavy (non-hydrogen) atoms. The number of aromatic nitrogens is 2. The number of rotatable bonds is 5. The van der Waals surface area contributed by atoms with Gasteiger partial charge in [0.2, 0.25) is 10.0 Å². The Morgan fingerprint density at radius 3 is 2.20 bits per heavy atom. The summed E-state index contributed by atoms with van der Waals surface area (Å²) in [6, 6.07) is 14.6. The second-order valence-electron chi connectivity index (χ2n) is 5.76. The van der Waals surface area contributed by atoms with Gasteiger partial charge < -0.3 is 4.74 Å². The van der Waals surface area contributed by atoms with Crippen LogP contribution in [0.25, 0.3) is 11.0 Å². The maximum absolute atomic E-state index is 11.6. The predicted molar refractivity (Wildman–Crippen MR) is 98.3 cm³/mol. The number of fused-ring (bicyclic) bond motifs is 1. The third-order valence-corrected chi connectivity index (χ3v) is 5.12. The highest BCUT2D eigenvalue weighted by molar-refractivity contribution is 7.92. The fraction of sp³-hybridized carbons (Fsp3) is 0.222. The van der Waals surface area contributed by atoms with Gasteiger partial charge in [-0.15, -0.1) is 0 Å². The van der Waals surface area contributed by atoms with Crippen LogP contribution < -0.4 is 9.04 Å². The predicted octanol–water partition coefficient (Wildman–Crippen LogP) is 2.91. The minimum Gasteiger partial charge on any atom is -0.487 e. The molecular formula is C18H19N3O3S. The summed E-state index contributed by atoms with van der Waals surface area (Å²) in [5, 5.41) is 0. The number of para-hydroxylation sites is 2. The lowest BCUT2D eigenvalue weighted by Crippen LogP contribution is -2.24. The average molecular weight is 357 g/mol. The standard InChI is InChI=1S/C18H19N3O3S/c1-13-18(20-17-7-5-4-6-16(17)19-13)12-24-15-10-8-14(9-11-15)21(2)25(3,22)23/h4-11H,12H2,1-3H3. The Morgan fingerprint density at radius 1 is 1.00 bits per heavy atom. The number of hydrogen-bond donors (Lipinski definition) is 0. The highest BCUT2D eigenvalue weighted by Gasteiger charge is 2.12. The molecule has 0 fully saturated rings. The molecule has 1 aromatic heterocycles. The van der Waals surface area contributed by atoms with Crippen molar-refractivity contribution in [1.29, 1.82) is 0 Å². The molecule has 0 saturated carbocycles. The van der Waals surface area contributed by atoms with Crippen LogP contribution in [0, 0.1) is 6.92 Å². The van der Waals surface area contributed by atoms with Crippen molar-refractivity contribution in [2.75, 3.05) is 17.6 Å². The molecule has 7 heteroatoms. The van der Waals surface area contributed by atoms with E-state index in [-0.39, 0.29) is 0 Å². The van der Waals surface area contributed by atoms with Crippen LogP contribution in [0.5, 0.6) is 5.75 Å². The monoisotopic (exact) mass is 357 g/mol. The topological polar surface area (TPSA) is 72.4 Å². The van der Waals surface area contributed by atoms with E-state index in [4.69, 9.17) is 4.74 Å². The van der Waals surface area contributed by atoms with Gasteiger partial charge in [0, 0.05) is 7.05 Å². The molecule has 3 aromatic rings. The van der Waals surface area contributed by atoms with E-state index in [2.05, 4.69) is 9.97 Å². The van der Waals surface area contributed by atoms with Gasteiger partial charge in [-0.1, -0.05) is 12.1 Å². The maximum Gasteiger partial charge on any atom is 0.231 e. The molecular weight excluding hydrogens is 338 g/mol. The van der Waals surface area contributed by atoms with Crippen LogP contribution in [0.1, 0.15) is 11.4 Å². The number of benzene rings is 2. The molecule has 0 bridgehead atoms. The van der Waals surface area contributed by atoms with Crippen LogP contribution >= 0.6 is 0 Å². The summed E-state index contributed by atoms with van der Waals surface area (Å²) in [6.07, 6.45) is 1.17. The molecule has 0 amide bonds. The van der Waals surface area contributed by atoms with E-state index in [1.54, 1.807) is 24.3 Å². The Labute approximate surface area is 147 Å². The summed E-state index contributed by atoms with van der Waals surface area (Å²) >= 11 is 0. The van der Waals surface area contributed by atoms with Crippen LogP contribution in [0.4, 0.5) is 5.69 Å². The van der Waals surface area contributed by atoms with E-state index < -0.39 is 10.0 Å². The summed E-state index contributed by atoms with van der Waals surface area (Å²) in [7, 11) is -1.76. The number of sulfonamides is 1. The Balaban J connectivity index is 1.75. The minimum absolute atomic E-state index is 0.297. The van der Waals surface area contributed by atoms with Crippen molar-refractivity contribution in [3.05, 3.63) is 59.9 Å². The van der Waals surface area contributed by atoms with Crippen molar-refractivity contribution in [2.45, 2.75) is 13.5 Å². The molecule has 0 atom stereocenters. The Kier molecular flexibility index (Phi) is 4.59. The first-order chi connectivity index (χ1) is 11.8. The molecule has 0 unspecified atom stereocenters. The van der Waals surface area contributed by atoms with Gasteiger partial charge in [-0.25, -0.2) is 18.4 Å². The first-order valence-electron chi connectivity index (χ1n) is 7.73. The molecule has 0 radical (unpaired) electrons. The van der Waals surface area contributed by atoms with E-state index in [9.17, 15) is 8.42 Å². The maximum atomic E-state index is 11.6. The fourth-order valence-electron chi connectivity index (χ4n) is 2.36. The number of ether oxygens (including phenoxy) is 1. The summed E-state index contributed by atoms with van der Waals surface area (Å²) in [6.45, 7) is 2.20. The Bertz CT molecular complexity index is 1000. The van der Waals surface area contributed by atoms with Gasteiger partial charge in [-0.2, -0.15) is 0 Å². The van der Waals surface area contributed by atoms with Crippen LogP contribution in [0.3, 0.4) is 0 Å². The van der Waals surface area contributed by atoms with Crippen molar-refractivity contribution in [3.63, 3.8) is 0 Å². The van der Waals surface area contributed by atoms with E-state index >= 15 is 0 Å². The highest BCUT2D eigenvalue weighted by Crippen LogP contribution is 2.21. The van der Waals surface area contributed by atoms with Crippen molar-refractivity contribution in [2.24, 2.45) is 0 Å². The van der Waals surface area contributed by atoms with Crippen LogP contribution in [0.2, 0.25) is 0 Å². The van der Waals surface area contributed by atoms with Gasteiger partial charge in [0.15, 0.2) is 0 Å². The van der Waals surface area contributed by atoms with Crippen molar-refractivity contribution >= 4 is 26.7 Å². The van der Waals surface area contributed by atoms with Crippen LogP contribution in [-0.2, 0) is 16.6 Å². The number of nitrogens with zero attached hydrogens (tertiary/aromatic N) is 3. The lowest BCUT2D eigenvalue weighted by molar-refractivity contribution is 0.300. The molecule has 2 aromatic carbocycles. The average Bonchev–Trinajstić information content (AvgIpc) is 2.59. The molecule has 0 aliphatic rings. The third kappa shape index (κ3) is 3.88. The van der Waals surface area contributed by atoms with Crippen LogP contribution in [-0.4, -0.2) is 31.7 Å². The van der Waals surface area contributed by atoms with Gasteiger partial charge in [0.25, 0.3) is 0 Å². The largest absolute Gasteiger partial charge is 0.487 e. The van der Waals surface area contributed by atoms with E-state index in [0.717, 1.165) is 22.4 Å². The molecule has 0 aliphatic heterocycles. The first kappa shape index (κ1) is 17.2. The summed E-state index contributed by atoms with van der Waals surface area (Å²) in [5.74, 6) is 0.639. The number of hydrogen-bond acceptors (Lipinski definition) is 5. The fourth-order valence-corrected chi connectivity index (χ4v) is 2.86. The smallest absolute Gasteiger partial charge is 0.231 e. The SMILES string of the molecule is Cc1nc2ccccc2nc1COc1ccc(N(C)S(C)(=O)=O)cc1. The Morgan fingerprint density at radius 2 is 1.60 bits per heavy atom. The highest BCUT2D eigenvalue weighted by atomic mass is 32.2. The normalized spacial score (nSPS) is 11.5. The summed E-state index contributed by atoms with van der Waals surface area (Å²) < 4.78 is 30.1. The van der Waals surface area contributed by atoms with E-state index in [0.29, 0.717) is 18.0 Å². The zero-order valence-corrected chi connectivity index (χ0v) is 15.1. The second kappa shape index (κ2) is 6.68. The zero-order valence-electron chi connectivity index (χ0n) is 14.3. The molecule has 0 N–H and O–H groups in total. The van der Waals surface area contributed by atoms with E-state index in [1.165, 1.54) is 17.6 Å². The summed E-state index contributed by atoms with van der Waals surface area (Å²) in [4.78, 5) is 9.13. The number of anilines is 1. The van der Waals surface area contributed by atoms with Crippen LogP contribution in [0.15, 0.2) is 48.5 Å². The second-order valence-corrected chi connectivity index (χ2v) is 7.77. The molecule has 0 spiro atoms. The molecule has 0 saturated heterocycles. The molecule has 0 aliphatic carbocycles. The van der Waals surface area contributed by atoms with Gasteiger partial charge in [0.1, 0.15) is 12.4 Å². The molecule has 6 nitrogen and oxygen atoms in total. The molecule has 1 heterocycles. The molecule has 130 valence electrons. The lowest BCUT2D eigenvalue weighted by Gasteiger charge is -2.17. The lowest BCUT2D eigenvalue weighted by atomic mass is 10.2. The van der Waals surface area contributed by atoms with Crippen molar-refractivity contribution < 1.29 is 13.2 Å². The van der Waals surface area contributed by atoms with Gasteiger partial charge >= 0.3 is 0 Å². The Hall–Kier alpha value is -2.67. The quantitative estimate of drug-likeness (QED) is 0.702. The summed E-state index contributed by atoms with van der Waals surface area (Å²) in [5.41, 5.74) is 3.87. The van der Waals surface area contributed by atoms with Crippen molar-refractivity contribution in [3.8, 4) is 5.75 Å². The van der Waals surface area contributed by atoms with Gasteiger partial charge in [0.05, 0.1) is 34.4 Å². The first-order valence-corrected chi connectivity index (χ1v) is 9.58. The number of aryl methyl sites for hydroxylation is 1. The third-order valence-electron chi connectivity index (χ3n) is 3.92. The minimum atomic E-state index is -3.28. The van der Waals surface area contributed by atoms with Gasteiger partial charge in [-0.05, 0) is 43.3 Å². The molecule has 3 rings (SSSR count). The van der Waals surface area contributed by atoms with E-state index in [1.807, 2.05) is 31.2 Å². The van der Waals surface area contributed by atoms with Crippen molar-refractivity contribution in [1.82, 2.24) is 9.97 Å². The van der Waals surface area contributed by atoms with Gasteiger partial charge in [-0.3, -0.25) is 4.31 Å².